The van der Waals surface area contributed by atoms with Crippen molar-refractivity contribution in [3.05, 3.63) is 0 Å². The second kappa shape index (κ2) is 9.65. The molecular weight excluding hydrogens is 364 g/mol. The molecule has 0 aromatic heterocycles. The molecule has 29 heavy (non-hydrogen) atoms. The van der Waals surface area contributed by atoms with Gasteiger partial charge in [0.15, 0.2) is 5.96 Å². The van der Waals surface area contributed by atoms with Gasteiger partial charge in [-0.05, 0) is 45.6 Å². The summed E-state index contributed by atoms with van der Waals surface area (Å²) in [6.45, 7) is 5.66. The lowest BCUT2D eigenvalue weighted by Crippen LogP contribution is -2.57. The number of amides is 1. The van der Waals surface area contributed by atoms with Crippen LogP contribution in [0.5, 0.6) is 0 Å². The van der Waals surface area contributed by atoms with E-state index in [9.17, 15) is 4.79 Å². The molecule has 2 atom stereocenters. The molecule has 7 heteroatoms. The van der Waals surface area contributed by atoms with Crippen LogP contribution in [0.4, 0.5) is 0 Å². The van der Waals surface area contributed by atoms with Crippen LogP contribution in [0.15, 0.2) is 4.99 Å². The molecule has 2 bridgehead atoms. The Morgan fingerprint density at radius 1 is 1.00 bits per heavy atom. The van der Waals surface area contributed by atoms with Gasteiger partial charge in [0.05, 0.1) is 0 Å². The van der Waals surface area contributed by atoms with E-state index in [4.69, 9.17) is 0 Å². The molecule has 3 saturated heterocycles. The maximum atomic E-state index is 12.4. The van der Waals surface area contributed by atoms with Crippen LogP contribution in [0, 0.1) is 5.92 Å². The van der Waals surface area contributed by atoms with Crippen LogP contribution in [0.25, 0.3) is 0 Å². The van der Waals surface area contributed by atoms with Gasteiger partial charge in [-0.15, -0.1) is 0 Å². The third-order valence-corrected chi connectivity index (χ3v) is 7.76. The van der Waals surface area contributed by atoms with E-state index in [1.165, 1.54) is 38.5 Å². The van der Waals surface area contributed by atoms with Gasteiger partial charge in [0.25, 0.3) is 0 Å². The van der Waals surface area contributed by atoms with Crippen LogP contribution in [0.1, 0.15) is 51.4 Å². The highest BCUT2D eigenvalue weighted by atomic mass is 16.2. The molecule has 164 valence electrons. The number of carbonyl (C=O) groups excluding carboxylic acids is 1. The second-order valence-corrected chi connectivity index (χ2v) is 9.51. The van der Waals surface area contributed by atoms with Gasteiger partial charge in [0.1, 0.15) is 0 Å². The molecule has 0 spiro atoms. The topological polar surface area (TPSA) is 63.2 Å². The third kappa shape index (κ3) is 5.05. The predicted molar refractivity (Wildman–Crippen MR) is 117 cm³/mol. The Kier molecular flexibility index (Phi) is 6.96. The van der Waals surface area contributed by atoms with E-state index in [1.54, 1.807) is 0 Å². The Bertz CT molecular complexity index is 570. The molecular formula is C22H40N6O. The van der Waals surface area contributed by atoms with E-state index in [0.29, 0.717) is 17.9 Å². The standard InChI is InChI=1S/C22H40N6O/c1-23-22(25-18-15-19-7-4-8-20(16-18)26(19)2)24-9-10-27-11-13-28(14-12-27)21(29)17-5-3-6-17/h17-20H,3-16H2,1-2H3,(H2,23,24,25). The highest BCUT2D eigenvalue weighted by Crippen LogP contribution is 2.32. The summed E-state index contributed by atoms with van der Waals surface area (Å²) in [5.74, 6) is 1.68. The number of nitrogens with one attached hydrogen (secondary N) is 2. The average molecular weight is 405 g/mol. The summed E-state index contributed by atoms with van der Waals surface area (Å²) in [4.78, 5) is 24.0. The number of hydrogen-bond donors (Lipinski definition) is 2. The van der Waals surface area contributed by atoms with Crippen molar-refractivity contribution in [1.82, 2.24) is 25.3 Å². The molecule has 4 aliphatic rings. The van der Waals surface area contributed by atoms with Crippen LogP contribution < -0.4 is 10.6 Å². The molecule has 3 heterocycles. The Hall–Kier alpha value is -1.34. The van der Waals surface area contributed by atoms with Crippen molar-refractivity contribution in [2.24, 2.45) is 10.9 Å². The number of hydrogen-bond acceptors (Lipinski definition) is 4. The highest BCUT2D eigenvalue weighted by Gasteiger charge is 2.36. The first kappa shape index (κ1) is 20.9. The smallest absolute Gasteiger partial charge is 0.225 e. The second-order valence-electron chi connectivity index (χ2n) is 9.51. The van der Waals surface area contributed by atoms with Crippen LogP contribution in [0.2, 0.25) is 0 Å². The first-order valence-corrected chi connectivity index (χ1v) is 11.8. The number of fused-ring (bicyclic) bond motifs is 2. The molecule has 7 nitrogen and oxygen atoms in total. The molecule has 2 unspecified atom stereocenters. The molecule has 2 N–H and O–H groups in total. The van der Waals surface area contributed by atoms with Crippen LogP contribution in [0.3, 0.4) is 0 Å². The maximum Gasteiger partial charge on any atom is 0.225 e. The Morgan fingerprint density at radius 3 is 2.24 bits per heavy atom. The summed E-state index contributed by atoms with van der Waals surface area (Å²) in [7, 11) is 4.17. The number of aliphatic imine (C=N–C) groups is 1. The van der Waals surface area contributed by atoms with Crippen molar-refractivity contribution in [3.8, 4) is 0 Å². The summed E-state index contributed by atoms with van der Waals surface area (Å²) in [6, 6.07) is 2.00. The zero-order valence-electron chi connectivity index (χ0n) is 18.4. The Balaban J connectivity index is 1.14. The lowest BCUT2D eigenvalue weighted by atomic mass is 9.82. The lowest BCUT2D eigenvalue weighted by molar-refractivity contribution is -0.139. The minimum Gasteiger partial charge on any atom is -0.355 e. The fraction of sp³-hybridized carbons (Fsp3) is 0.909. The lowest BCUT2D eigenvalue weighted by Gasteiger charge is -2.47. The molecule has 0 radical (unpaired) electrons. The summed E-state index contributed by atoms with van der Waals surface area (Å²) in [5.41, 5.74) is 0. The van der Waals surface area contributed by atoms with Crippen LogP contribution >= 0.6 is 0 Å². The predicted octanol–water partition coefficient (Wildman–Crippen LogP) is 1.11. The van der Waals surface area contributed by atoms with Gasteiger partial charge >= 0.3 is 0 Å². The fourth-order valence-corrected chi connectivity index (χ4v) is 5.56. The highest BCUT2D eigenvalue weighted by molar-refractivity contribution is 5.80. The number of guanidine groups is 1. The van der Waals surface area contributed by atoms with E-state index < -0.39 is 0 Å². The zero-order valence-corrected chi connectivity index (χ0v) is 18.4. The molecule has 1 amide bonds. The van der Waals surface area contributed by atoms with E-state index in [2.05, 4.69) is 37.4 Å². The largest absolute Gasteiger partial charge is 0.355 e. The van der Waals surface area contributed by atoms with E-state index in [0.717, 1.165) is 70.2 Å². The molecule has 3 aliphatic heterocycles. The van der Waals surface area contributed by atoms with Crippen molar-refractivity contribution in [3.63, 3.8) is 0 Å². The van der Waals surface area contributed by atoms with E-state index >= 15 is 0 Å². The van der Waals surface area contributed by atoms with Crippen molar-refractivity contribution in [1.29, 1.82) is 0 Å². The third-order valence-electron chi connectivity index (χ3n) is 7.76. The first-order chi connectivity index (χ1) is 14.1. The number of rotatable bonds is 5. The number of nitrogens with zero attached hydrogens (tertiary/aromatic N) is 4. The monoisotopic (exact) mass is 404 g/mol. The minimum atomic E-state index is 0.330. The van der Waals surface area contributed by atoms with Crippen LogP contribution in [-0.4, -0.2) is 98.1 Å². The van der Waals surface area contributed by atoms with Crippen molar-refractivity contribution < 1.29 is 4.79 Å². The van der Waals surface area contributed by atoms with Crippen molar-refractivity contribution in [2.45, 2.75) is 69.5 Å². The summed E-state index contributed by atoms with van der Waals surface area (Å²) < 4.78 is 0. The van der Waals surface area contributed by atoms with Gasteiger partial charge < -0.3 is 20.4 Å². The van der Waals surface area contributed by atoms with E-state index in [-0.39, 0.29) is 0 Å². The Labute approximate surface area is 176 Å². The molecule has 4 rings (SSSR count). The Morgan fingerprint density at radius 2 is 1.66 bits per heavy atom. The number of piperidine rings is 2. The van der Waals surface area contributed by atoms with Gasteiger partial charge in [-0.1, -0.05) is 12.8 Å². The molecule has 0 aromatic carbocycles. The summed E-state index contributed by atoms with van der Waals surface area (Å²) in [6.07, 6.45) is 9.96. The van der Waals surface area contributed by atoms with Crippen molar-refractivity contribution in [2.75, 3.05) is 53.4 Å². The molecule has 0 aromatic rings. The molecule has 1 saturated carbocycles. The SMILES string of the molecule is CN=C(NCCN1CCN(C(=O)C2CCC2)CC1)NC1CC2CCCC(C1)N2C. The first-order valence-electron chi connectivity index (χ1n) is 11.8. The van der Waals surface area contributed by atoms with Gasteiger partial charge in [-0.25, -0.2) is 0 Å². The van der Waals surface area contributed by atoms with Gasteiger partial charge in [-0.3, -0.25) is 14.7 Å². The average Bonchev–Trinajstić information content (AvgIpc) is 2.67. The summed E-state index contributed by atoms with van der Waals surface area (Å²) >= 11 is 0. The number of carbonyl (C=O) groups is 1. The minimum absolute atomic E-state index is 0.330. The quantitative estimate of drug-likeness (QED) is 0.531. The fourth-order valence-electron chi connectivity index (χ4n) is 5.56. The molecule has 1 aliphatic carbocycles. The normalized spacial score (nSPS) is 32.0. The van der Waals surface area contributed by atoms with Gasteiger partial charge in [-0.2, -0.15) is 0 Å². The number of piperazine rings is 1. The molecule has 4 fully saturated rings. The maximum absolute atomic E-state index is 12.4. The summed E-state index contributed by atoms with van der Waals surface area (Å²) in [5, 5.41) is 7.20. The van der Waals surface area contributed by atoms with Crippen molar-refractivity contribution >= 4 is 11.9 Å². The van der Waals surface area contributed by atoms with Gasteiger partial charge in [0, 0.05) is 70.4 Å². The van der Waals surface area contributed by atoms with E-state index in [1.807, 2.05) is 7.05 Å². The van der Waals surface area contributed by atoms with Gasteiger partial charge in [0.2, 0.25) is 5.91 Å². The zero-order chi connectivity index (χ0) is 20.2. The van der Waals surface area contributed by atoms with Crippen LogP contribution in [-0.2, 0) is 4.79 Å².